The number of benzene rings is 3. The molecule has 4 rings (SSSR count). The van der Waals surface area contributed by atoms with Gasteiger partial charge in [-0.25, -0.2) is 0 Å². The zero-order valence-corrected chi connectivity index (χ0v) is 19.3. The lowest BCUT2D eigenvalue weighted by molar-refractivity contribution is 0.139. The lowest BCUT2D eigenvalue weighted by Crippen LogP contribution is -2.50. The maximum Gasteiger partial charge on any atom is 0.0972 e. The third-order valence-electron chi connectivity index (χ3n) is 6.11. The average molecular weight is 458 g/mol. The van der Waals surface area contributed by atoms with Crippen molar-refractivity contribution in [3.63, 3.8) is 0 Å². The van der Waals surface area contributed by atoms with Crippen molar-refractivity contribution in [1.29, 1.82) is 0 Å². The molecule has 1 aliphatic heterocycles. The molecule has 3 aromatic rings. The number of allylic oxidation sites excluding steroid dienone is 2. The van der Waals surface area contributed by atoms with Crippen molar-refractivity contribution < 1.29 is 0 Å². The topological polar surface area (TPSA) is 3.24 Å². The van der Waals surface area contributed by atoms with E-state index in [1.165, 1.54) is 27.8 Å². The largest absolute Gasteiger partial charge is 0.281 e. The molecule has 1 nitrogen and oxygen atoms in total. The second-order valence-electron chi connectivity index (χ2n) is 7.77. The Kier molecular flexibility index (Phi) is 6.36. The Hall–Kier alpha value is -2.42. The van der Waals surface area contributed by atoms with Gasteiger partial charge in [0.15, 0.2) is 0 Å². The van der Waals surface area contributed by atoms with Gasteiger partial charge in [-0.2, -0.15) is 0 Å². The summed E-state index contributed by atoms with van der Waals surface area (Å²) >= 11 is 3.68. The van der Waals surface area contributed by atoms with Crippen molar-refractivity contribution in [3.05, 3.63) is 129 Å². The molecule has 0 fully saturated rings. The Morgan fingerprint density at radius 3 is 2.07 bits per heavy atom. The van der Waals surface area contributed by atoms with Crippen molar-refractivity contribution in [3.8, 4) is 0 Å². The van der Waals surface area contributed by atoms with Gasteiger partial charge in [-0.1, -0.05) is 101 Å². The molecule has 1 aliphatic rings. The Labute approximate surface area is 188 Å². The molecule has 0 spiro atoms. The second kappa shape index (κ2) is 9.16. The van der Waals surface area contributed by atoms with Crippen LogP contribution >= 0.6 is 15.9 Å². The monoisotopic (exact) mass is 457 g/mol. The Morgan fingerprint density at radius 2 is 1.50 bits per heavy atom. The minimum absolute atomic E-state index is 0.343. The van der Waals surface area contributed by atoms with Gasteiger partial charge in [-0.3, -0.25) is 4.90 Å². The normalized spacial score (nSPS) is 15.4. The molecule has 0 aromatic heterocycles. The van der Waals surface area contributed by atoms with Crippen molar-refractivity contribution in [1.82, 2.24) is 4.90 Å². The number of rotatable bonds is 5. The molecule has 30 heavy (non-hydrogen) atoms. The molecule has 0 radical (unpaired) electrons. The van der Waals surface area contributed by atoms with E-state index in [1.807, 2.05) is 0 Å². The van der Waals surface area contributed by atoms with Gasteiger partial charge in [0, 0.05) is 17.6 Å². The van der Waals surface area contributed by atoms with Crippen molar-refractivity contribution >= 4 is 15.9 Å². The molecule has 0 N–H and O–H groups in total. The van der Waals surface area contributed by atoms with Gasteiger partial charge < -0.3 is 0 Å². The predicted molar refractivity (Wildman–Crippen MR) is 130 cm³/mol. The van der Waals surface area contributed by atoms with Gasteiger partial charge in [0.1, 0.15) is 0 Å². The molecule has 152 valence electrons. The molecule has 3 aromatic carbocycles. The molecule has 0 bridgehead atoms. The van der Waals surface area contributed by atoms with Crippen LogP contribution in [0.1, 0.15) is 36.1 Å². The fourth-order valence-corrected chi connectivity index (χ4v) is 5.23. The second-order valence-corrected chi connectivity index (χ2v) is 8.69. The highest BCUT2D eigenvalue weighted by Gasteiger charge is 2.43. The highest BCUT2D eigenvalue weighted by molar-refractivity contribution is 9.10. The Morgan fingerprint density at radius 1 is 0.867 bits per heavy atom. The summed E-state index contributed by atoms with van der Waals surface area (Å²) in [6, 6.07) is 28.6. The van der Waals surface area contributed by atoms with E-state index in [2.05, 4.69) is 132 Å². The summed E-state index contributed by atoms with van der Waals surface area (Å²) in [5.41, 5.74) is 6.44. The van der Waals surface area contributed by atoms with E-state index in [9.17, 15) is 0 Å². The lowest BCUT2D eigenvalue weighted by Gasteiger charge is -2.48. The molecule has 0 unspecified atom stereocenters. The van der Waals surface area contributed by atoms with Gasteiger partial charge in [0.25, 0.3) is 0 Å². The zero-order chi connectivity index (χ0) is 21.0. The number of hydrogen-bond acceptors (Lipinski definition) is 1. The third-order valence-corrected chi connectivity index (χ3v) is 6.61. The zero-order valence-electron chi connectivity index (χ0n) is 17.7. The summed E-state index contributed by atoms with van der Waals surface area (Å²) in [5, 5.41) is 0. The predicted octanol–water partition coefficient (Wildman–Crippen LogP) is 7.27. The highest BCUT2D eigenvalue weighted by atomic mass is 79.9. The highest BCUT2D eigenvalue weighted by Crippen LogP contribution is 2.45. The quantitative estimate of drug-likeness (QED) is 0.364. The van der Waals surface area contributed by atoms with Crippen LogP contribution in [-0.2, 0) is 18.5 Å². The molecular formula is C28H28BrN. The van der Waals surface area contributed by atoms with E-state index < -0.39 is 0 Å². The minimum atomic E-state index is -0.343. The number of halogens is 1. The van der Waals surface area contributed by atoms with Gasteiger partial charge in [0.2, 0.25) is 0 Å². The van der Waals surface area contributed by atoms with E-state index in [-0.39, 0.29) is 5.54 Å². The third kappa shape index (κ3) is 3.71. The van der Waals surface area contributed by atoms with Gasteiger partial charge in [-0.15, -0.1) is 0 Å². The molecule has 0 saturated heterocycles. The van der Waals surface area contributed by atoms with Gasteiger partial charge in [0.05, 0.1) is 5.54 Å². The Balaban J connectivity index is 1.98. The van der Waals surface area contributed by atoms with Crippen LogP contribution in [0.25, 0.3) is 0 Å². The van der Waals surface area contributed by atoms with Crippen LogP contribution in [0.2, 0.25) is 0 Å². The first-order valence-electron chi connectivity index (χ1n) is 10.6. The van der Waals surface area contributed by atoms with Crippen molar-refractivity contribution in [2.75, 3.05) is 6.54 Å². The van der Waals surface area contributed by atoms with Crippen LogP contribution in [0, 0.1) is 0 Å². The van der Waals surface area contributed by atoms with E-state index in [0.717, 1.165) is 24.0 Å². The van der Waals surface area contributed by atoms with Gasteiger partial charge >= 0.3 is 0 Å². The van der Waals surface area contributed by atoms with Crippen LogP contribution in [0.4, 0.5) is 0 Å². The molecule has 0 atom stereocenters. The van der Waals surface area contributed by atoms with Crippen molar-refractivity contribution in [2.45, 2.75) is 32.4 Å². The number of hydrogen-bond donors (Lipinski definition) is 0. The van der Waals surface area contributed by atoms with E-state index in [0.29, 0.717) is 0 Å². The molecule has 1 heterocycles. The summed E-state index contributed by atoms with van der Waals surface area (Å²) in [6.07, 6.45) is 7.76. The van der Waals surface area contributed by atoms with E-state index >= 15 is 0 Å². The summed E-state index contributed by atoms with van der Waals surface area (Å²) in [7, 11) is 0. The van der Waals surface area contributed by atoms with Crippen LogP contribution in [0.3, 0.4) is 0 Å². The molecule has 0 saturated carbocycles. The lowest BCUT2D eigenvalue weighted by atomic mass is 9.73. The molecule has 2 heteroatoms. The fourth-order valence-electron chi connectivity index (χ4n) is 4.82. The van der Waals surface area contributed by atoms with Crippen LogP contribution < -0.4 is 0 Å². The smallest absolute Gasteiger partial charge is 0.0972 e. The van der Waals surface area contributed by atoms with Gasteiger partial charge in [-0.05, 0) is 60.2 Å². The maximum atomic E-state index is 3.68. The molecule has 0 amide bonds. The first-order valence-corrected chi connectivity index (χ1v) is 11.4. The van der Waals surface area contributed by atoms with Crippen LogP contribution in [0.5, 0.6) is 0 Å². The molecule has 0 aliphatic carbocycles. The fraction of sp³-hybridized carbons (Fsp3) is 0.214. The summed E-state index contributed by atoms with van der Waals surface area (Å²) in [4.78, 5) is 2.65. The number of fused-ring (bicyclic) bond motifs is 1. The summed E-state index contributed by atoms with van der Waals surface area (Å²) < 4.78 is 1.15. The number of nitrogens with zero attached hydrogens (tertiary/aromatic N) is 1. The maximum absolute atomic E-state index is 3.68. The Bertz CT molecular complexity index is 1010. The van der Waals surface area contributed by atoms with E-state index in [1.54, 1.807) is 0 Å². The summed E-state index contributed by atoms with van der Waals surface area (Å²) in [5.74, 6) is 0. The van der Waals surface area contributed by atoms with Crippen LogP contribution in [-0.4, -0.2) is 11.4 Å². The minimum Gasteiger partial charge on any atom is -0.281 e. The standard InChI is InChI=1S/C28H28BrN/c1-3-11-24(4-2)28(25-12-7-5-8-13-25,26-14-9-6-10-15-26)30-19-18-22-16-17-27(29)20-23(22)21-30/h3-17,20H,18-19,21H2,1-2H3/b11-3-,24-4+. The van der Waals surface area contributed by atoms with E-state index in [4.69, 9.17) is 0 Å². The van der Waals surface area contributed by atoms with Crippen LogP contribution in [0.15, 0.2) is 107 Å². The average Bonchev–Trinajstić information content (AvgIpc) is 2.80. The first kappa shape index (κ1) is 20.8. The SMILES string of the molecule is C/C=C\C(=C/C)C(c1ccccc1)(c1ccccc1)N1CCc2ccc(Br)cc2C1. The summed E-state index contributed by atoms with van der Waals surface area (Å²) in [6.45, 7) is 6.18. The first-order chi connectivity index (χ1) is 14.7. The van der Waals surface area contributed by atoms with Crippen molar-refractivity contribution in [2.24, 2.45) is 0 Å². The molecular weight excluding hydrogens is 430 g/mol.